The van der Waals surface area contributed by atoms with Gasteiger partial charge in [-0.2, -0.15) is 0 Å². The number of benzene rings is 1. The van der Waals surface area contributed by atoms with Crippen LogP contribution in [0.25, 0.3) is 0 Å². The van der Waals surface area contributed by atoms with Crippen molar-refractivity contribution >= 4 is 0 Å². The molecule has 0 spiro atoms. The maximum atomic E-state index is 10.3. The highest BCUT2D eigenvalue weighted by atomic mass is 16.3. The molecule has 2 nitrogen and oxygen atoms in total. The smallest absolute Gasteiger partial charge is 0.123 e. The van der Waals surface area contributed by atoms with E-state index in [0.717, 1.165) is 31.2 Å². The van der Waals surface area contributed by atoms with Crippen LogP contribution in [0.3, 0.4) is 0 Å². The third-order valence-electron chi connectivity index (χ3n) is 4.17. The summed E-state index contributed by atoms with van der Waals surface area (Å²) in [6.07, 6.45) is 8.03. The van der Waals surface area contributed by atoms with E-state index in [9.17, 15) is 10.2 Å². The number of hydrogen-bond donors (Lipinski definition) is 2. The molecule has 0 amide bonds. The van der Waals surface area contributed by atoms with Gasteiger partial charge in [0.15, 0.2) is 0 Å². The van der Waals surface area contributed by atoms with Gasteiger partial charge in [-0.3, -0.25) is 0 Å². The Balaban J connectivity index is 2.45. The van der Waals surface area contributed by atoms with Gasteiger partial charge in [0.05, 0.1) is 0 Å². The Kier molecular flexibility index (Phi) is 4.53. The van der Waals surface area contributed by atoms with E-state index in [2.05, 4.69) is 26.5 Å². The molecule has 0 saturated carbocycles. The molecule has 0 bridgehead atoms. The first-order chi connectivity index (χ1) is 9.56. The molecule has 0 unspecified atom stereocenters. The molecule has 2 rings (SSSR count). The predicted molar refractivity (Wildman–Crippen MR) is 83.2 cm³/mol. The number of phenolic OH excluding ortho intramolecular Hbond substituents is 2. The zero-order valence-electron chi connectivity index (χ0n) is 12.4. The summed E-state index contributed by atoms with van der Waals surface area (Å²) in [7, 11) is 0. The van der Waals surface area contributed by atoms with E-state index in [1.54, 1.807) is 12.1 Å². The Bertz CT molecular complexity index is 505. The van der Waals surface area contributed by atoms with Crippen LogP contribution in [0.15, 0.2) is 36.4 Å². The van der Waals surface area contributed by atoms with E-state index >= 15 is 0 Å². The van der Waals surface area contributed by atoms with E-state index in [4.69, 9.17) is 0 Å². The number of phenols is 2. The van der Waals surface area contributed by atoms with Gasteiger partial charge in [-0.1, -0.05) is 31.1 Å². The fourth-order valence-electron chi connectivity index (χ4n) is 3.10. The molecule has 1 aromatic rings. The van der Waals surface area contributed by atoms with E-state index in [0.29, 0.717) is 5.56 Å². The van der Waals surface area contributed by atoms with Crippen molar-refractivity contribution in [3.05, 3.63) is 47.6 Å². The zero-order chi connectivity index (χ0) is 14.7. The minimum Gasteiger partial charge on any atom is -0.507 e. The first-order valence-electron chi connectivity index (χ1n) is 7.41. The van der Waals surface area contributed by atoms with Gasteiger partial charge < -0.3 is 10.2 Å². The Morgan fingerprint density at radius 1 is 1.30 bits per heavy atom. The van der Waals surface area contributed by atoms with Crippen molar-refractivity contribution < 1.29 is 10.2 Å². The molecular formula is C18H24O2. The molecule has 2 N–H and O–H groups in total. The quantitative estimate of drug-likeness (QED) is 0.781. The maximum Gasteiger partial charge on any atom is 0.123 e. The lowest BCUT2D eigenvalue weighted by Crippen LogP contribution is -2.14. The third kappa shape index (κ3) is 2.90. The lowest BCUT2D eigenvalue weighted by atomic mass is 9.76. The van der Waals surface area contributed by atoms with Crippen LogP contribution in [-0.4, -0.2) is 10.2 Å². The second kappa shape index (κ2) is 6.17. The minimum absolute atomic E-state index is 0.0249. The molecule has 0 radical (unpaired) electrons. The summed E-state index contributed by atoms with van der Waals surface area (Å²) in [5.74, 6) is 0.706. The fraction of sp³-hybridized carbons (Fsp3) is 0.444. The Morgan fingerprint density at radius 3 is 2.50 bits per heavy atom. The molecule has 2 atom stereocenters. The minimum atomic E-state index is 0.0249. The van der Waals surface area contributed by atoms with Crippen molar-refractivity contribution in [2.24, 2.45) is 5.92 Å². The van der Waals surface area contributed by atoms with Crippen LogP contribution in [0.5, 0.6) is 11.5 Å². The second-order valence-corrected chi connectivity index (χ2v) is 5.77. The van der Waals surface area contributed by atoms with Gasteiger partial charge in [-0.05, 0) is 49.8 Å². The van der Waals surface area contributed by atoms with Crippen LogP contribution in [0.2, 0.25) is 0 Å². The highest BCUT2D eigenvalue weighted by Gasteiger charge is 2.27. The highest BCUT2D eigenvalue weighted by Crippen LogP contribution is 2.44. The lowest BCUT2D eigenvalue weighted by Gasteiger charge is -2.28. The largest absolute Gasteiger partial charge is 0.507 e. The van der Waals surface area contributed by atoms with Gasteiger partial charge in [0.1, 0.15) is 11.5 Å². The van der Waals surface area contributed by atoms with Crippen LogP contribution >= 0.6 is 0 Å². The Morgan fingerprint density at radius 2 is 1.95 bits per heavy atom. The molecule has 1 aliphatic carbocycles. The summed E-state index contributed by atoms with van der Waals surface area (Å²) in [5.41, 5.74) is 2.94. The van der Waals surface area contributed by atoms with Crippen LogP contribution in [0.4, 0.5) is 0 Å². The SMILES string of the molecule is C=C[C@@H]1CCC(C)=C[C@H]1c1c(O)cc(CCC)cc1O. The summed E-state index contributed by atoms with van der Waals surface area (Å²) in [6, 6.07) is 3.58. The molecule has 0 aliphatic heterocycles. The summed E-state index contributed by atoms with van der Waals surface area (Å²) in [4.78, 5) is 0. The number of aromatic hydroxyl groups is 2. The van der Waals surface area contributed by atoms with E-state index in [1.807, 2.05) is 6.08 Å². The van der Waals surface area contributed by atoms with Crippen molar-refractivity contribution in [1.29, 1.82) is 0 Å². The van der Waals surface area contributed by atoms with Gasteiger partial charge in [0, 0.05) is 11.5 Å². The van der Waals surface area contributed by atoms with Crippen LogP contribution < -0.4 is 0 Å². The molecule has 2 heteroatoms. The molecule has 0 fully saturated rings. The van der Waals surface area contributed by atoms with Gasteiger partial charge in [-0.15, -0.1) is 6.58 Å². The van der Waals surface area contributed by atoms with Gasteiger partial charge in [0.2, 0.25) is 0 Å². The van der Waals surface area contributed by atoms with E-state index < -0.39 is 0 Å². The molecule has 0 aromatic heterocycles. The van der Waals surface area contributed by atoms with Crippen molar-refractivity contribution in [2.45, 2.75) is 45.4 Å². The monoisotopic (exact) mass is 272 g/mol. The summed E-state index contributed by atoms with van der Waals surface area (Å²) in [5, 5.41) is 20.7. The first-order valence-corrected chi connectivity index (χ1v) is 7.41. The molecule has 108 valence electrons. The predicted octanol–water partition coefficient (Wildman–Crippen LogP) is 4.68. The van der Waals surface area contributed by atoms with Crippen molar-refractivity contribution in [3.8, 4) is 11.5 Å². The Labute approximate surface area is 121 Å². The lowest BCUT2D eigenvalue weighted by molar-refractivity contribution is 0.411. The number of aryl methyl sites for hydroxylation is 1. The van der Waals surface area contributed by atoms with Gasteiger partial charge in [-0.25, -0.2) is 0 Å². The third-order valence-corrected chi connectivity index (χ3v) is 4.17. The summed E-state index contributed by atoms with van der Waals surface area (Å²) >= 11 is 0. The van der Waals surface area contributed by atoms with Crippen LogP contribution in [0, 0.1) is 5.92 Å². The van der Waals surface area contributed by atoms with Gasteiger partial charge >= 0.3 is 0 Å². The number of hydrogen-bond acceptors (Lipinski definition) is 2. The average molecular weight is 272 g/mol. The molecule has 0 heterocycles. The number of rotatable bonds is 4. The molecule has 20 heavy (non-hydrogen) atoms. The molecule has 0 saturated heterocycles. The maximum absolute atomic E-state index is 10.3. The first kappa shape index (κ1) is 14.7. The van der Waals surface area contributed by atoms with Crippen molar-refractivity contribution in [3.63, 3.8) is 0 Å². The fourth-order valence-corrected chi connectivity index (χ4v) is 3.10. The van der Waals surface area contributed by atoms with Crippen LogP contribution in [-0.2, 0) is 6.42 Å². The normalized spacial score (nSPS) is 22.4. The second-order valence-electron chi connectivity index (χ2n) is 5.77. The highest BCUT2D eigenvalue weighted by molar-refractivity contribution is 5.51. The molecule has 1 aromatic carbocycles. The van der Waals surface area contributed by atoms with Crippen molar-refractivity contribution in [1.82, 2.24) is 0 Å². The van der Waals surface area contributed by atoms with Crippen LogP contribution in [0.1, 0.15) is 50.2 Å². The number of allylic oxidation sites excluding steroid dienone is 3. The zero-order valence-corrected chi connectivity index (χ0v) is 12.4. The van der Waals surface area contributed by atoms with E-state index in [1.165, 1.54) is 5.57 Å². The summed E-state index contributed by atoms with van der Waals surface area (Å²) < 4.78 is 0. The standard InChI is InChI=1S/C18H24O2/c1-4-6-13-10-16(19)18(17(20)11-13)15-9-12(3)7-8-14(15)5-2/h5,9-11,14-15,19-20H,2,4,6-8H2,1,3H3/t14-,15-/m1/s1. The molecular weight excluding hydrogens is 248 g/mol. The van der Waals surface area contributed by atoms with Crippen molar-refractivity contribution in [2.75, 3.05) is 0 Å². The summed E-state index contributed by atoms with van der Waals surface area (Å²) in [6.45, 7) is 8.09. The molecule has 1 aliphatic rings. The Hall–Kier alpha value is -1.70. The topological polar surface area (TPSA) is 40.5 Å². The average Bonchev–Trinajstić information content (AvgIpc) is 2.38. The van der Waals surface area contributed by atoms with E-state index in [-0.39, 0.29) is 23.3 Å². The van der Waals surface area contributed by atoms with Gasteiger partial charge in [0.25, 0.3) is 0 Å².